The van der Waals surface area contributed by atoms with Gasteiger partial charge in [-0.15, -0.1) is 0 Å². The van der Waals surface area contributed by atoms with E-state index in [9.17, 15) is 4.79 Å². The van der Waals surface area contributed by atoms with Gasteiger partial charge < -0.3 is 9.80 Å². The highest BCUT2D eigenvalue weighted by atomic mass is 16.2. The van der Waals surface area contributed by atoms with Gasteiger partial charge in [0.15, 0.2) is 0 Å². The molecular formula is C18H27N3O. The Kier molecular flexibility index (Phi) is 4.77. The van der Waals surface area contributed by atoms with Crippen molar-refractivity contribution in [2.45, 2.75) is 26.7 Å². The van der Waals surface area contributed by atoms with Gasteiger partial charge in [0.2, 0.25) is 5.91 Å². The molecule has 1 amide bonds. The van der Waals surface area contributed by atoms with E-state index in [0.29, 0.717) is 24.2 Å². The Balaban J connectivity index is 1.45. The molecule has 0 aliphatic carbocycles. The fourth-order valence-corrected chi connectivity index (χ4v) is 3.91. The number of likely N-dealkylation sites (tertiary alicyclic amines) is 2. The number of aromatic nitrogens is 1. The summed E-state index contributed by atoms with van der Waals surface area (Å²) in [5.41, 5.74) is 1.15. The van der Waals surface area contributed by atoms with E-state index in [-0.39, 0.29) is 0 Å². The Morgan fingerprint density at radius 3 is 2.59 bits per heavy atom. The van der Waals surface area contributed by atoms with E-state index in [4.69, 9.17) is 0 Å². The van der Waals surface area contributed by atoms with Gasteiger partial charge in [-0.1, -0.05) is 19.9 Å². The number of carbonyl (C=O) groups is 1. The van der Waals surface area contributed by atoms with Crippen LogP contribution in [0.4, 0.5) is 0 Å². The molecule has 1 aromatic rings. The van der Waals surface area contributed by atoms with Gasteiger partial charge in [0.1, 0.15) is 0 Å². The molecule has 1 aromatic heterocycles. The molecular weight excluding hydrogens is 274 g/mol. The quantitative estimate of drug-likeness (QED) is 0.835. The van der Waals surface area contributed by atoms with Crippen LogP contribution in [0.3, 0.4) is 0 Å². The first-order chi connectivity index (χ1) is 10.6. The number of rotatable bonds is 5. The lowest BCUT2D eigenvalue weighted by Gasteiger charge is -2.22. The van der Waals surface area contributed by atoms with E-state index in [0.717, 1.165) is 31.0 Å². The topological polar surface area (TPSA) is 36.4 Å². The van der Waals surface area contributed by atoms with E-state index >= 15 is 0 Å². The van der Waals surface area contributed by atoms with Crippen molar-refractivity contribution in [1.82, 2.24) is 14.8 Å². The van der Waals surface area contributed by atoms with E-state index in [2.05, 4.69) is 28.6 Å². The first-order valence-corrected chi connectivity index (χ1v) is 8.51. The normalized spacial score (nSPS) is 25.0. The van der Waals surface area contributed by atoms with Crippen LogP contribution in [-0.2, 0) is 11.2 Å². The number of fused-ring (bicyclic) bond motifs is 1. The highest BCUT2D eigenvalue weighted by Crippen LogP contribution is 2.31. The summed E-state index contributed by atoms with van der Waals surface area (Å²) >= 11 is 0. The summed E-state index contributed by atoms with van der Waals surface area (Å²) in [6, 6.07) is 3.98. The predicted molar refractivity (Wildman–Crippen MR) is 87.4 cm³/mol. The molecule has 0 saturated carbocycles. The predicted octanol–water partition coefficient (Wildman–Crippen LogP) is 2.06. The van der Waals surface area contributed by atoms with Crippen molar-refractivity contribution in [3.05, 3.63) is 30.1 Å². The summed E-state index contributed by atoms with van der Waals surface area (Å²) < 4.78 is 0. The van der Waals surface area contributed by atoms with Gasteiger partial charge in [-0.3, -0.25) is 9.78 Å². The number of hydrogen-bond donors (Lipinski definition) is 0. The van der Waals surface area contributed by atoms with Crippen LogP contribution in [0.5, 0.6) is 0 Å². The lowest BCUT2D eigenvalue weighted by atomic mass is 10.0. The number of carbonyl (C=O) groups excluding carboxylic acids is 1. The van der Waals surface area contributed by atoms with Crippen molar-refractivity contribution >= 4 is 5.91 Å². The minimum absolute atomic E-state index is 0.314. The highest BCUT2D eigenvalue weighted by Gasteiger charge is 2.41. The molecule has 4 nitrogen and oxygen atoms in total. The Morgan fingerprint density at radius 2 is 2.00 bits per heavy atom. The van der Waals surface area contributed by atoms with E-state index in [1.807, 2.05) is 18.3 Å². The van der Waals surface area contributed by atoms with Gasteiger partial charge in [-0.05, 0) is 35.8 Å². The lowest BCUT2D eigenvalue weighted by molar-refractivity contribution is -0.130. The molecule has 0 unspecified atom stereocenters. The van der Waals surface area contributed by atoms with Crippen molar-refractivity contribution in [2.24, 2.45) is 17.8 Å². The average molecular weight is 301 g/mol. The van der Waals surface area contributed by atoms with E-state index in [1.54, 1.807) is 6.20 Å². The second-order valence-corrected chi connectivity index (χ2v) is 7.29. The monoisotopic (exact) mass is 301 g/mol. The molecule has 2 fully saturated rings. The molecule has 3 rings (SSSR count). The summed E-state index contributed by atoms with van der Waals surface area (Å²) in [7, 11) is 0. The Labute approximate surface area is 133 Å². The van der Waals surface area contributed by atoms with Crippen LogP contribution in [0.15, 0.2) is 24.5 Å². The maximum atomic E-state index is 12.4. The molecule has 4 heteroatoms. The molecule has 0 bridgehead atoms. The molecule has 2 aliphatic rings. The Hall–Kier alpha value is -1.42. The first-order valence-electron chi connectivity index (χ1n) is 8.51. The molecule has 0 radical (unpaired) electrons. The highest BCUT2D eigenvalue weighted by molar-refractivity contribution is 5.76. The van der Waals surface area contributed by atoms with Gasteiger partial charge >= 0.3 is 0 Å². The number of hydrogen-bond acceptors (Lipinski definition) is 3. The number of aryl methyl sites for hydroxylation is 1. The van der Waals surface area contributed by atoms with Crippen molar-refractivity contribution < 1.29 is 4.79 Å². The largest absolute Gasteiger partial charge is 0.342 e. The summed E-state index contributed by atoms with van der Waals surface area (Å²) in [5, 5.41) is 0. The van der Waals surface area contributed by atoms with Crippen LogP contribution >= 0.6 is 0 Å². The second-order valence-electron chi connectivity index (χ2n) is 7.29. The van der Waals surface area contributed by atoms with Gasteiger partial charge in [0.25, 0.3) is 0 Å². The van der Waals surface area contributed by atoms with Crippen molar-refractivity contribution in [2.75, 3.05) is 32.7 Å². The van der Waals surface area contributed by atoms with Gasteiger partial charge in [0.05, 0.1) is 0 Å². The van der Waals surface area contributed by atoms with Crippen molar-refractivity contribution in [3.8, 4) is 0 Å². The van der Waals surface area contributed by atoms with Crippen LogP contribution in [0.25, 0.3) is 0 Å². The summed E-state index contributed by atoms with van der Waals surface area (Å²) in [4.78, 5) is 21.2. The molecule has 2 aliphatic heterocycles. The minimum Gasteiger partial charge on any atom is -0.342 e. The lowest BCUT2D eigenvalue weighted by Crippen LogP contribution is -2.34. The van der Waals surface area contributed by atoms with Crippen LogP contribution in [0, 0.1) is 17.8 Å². The van der Waals surface area contributed by atoms with E-state index in [1.165, 1.54) is 19.6 Å². The zero-order valence-corrected chi connectivity index (χ0v) is 13.7. The Bertz CT molecular complexity index is 488. The number of pyridine rings is 1. The summed E-state index contributed by atoms with van der Waals surface area (Å²) in [6.45, 7) is 10.0. The minimum atomic E-state index is 0.314. The molecule has 0 spiro atoms. The maximum Gasteiger partial charge on any atom is 0.222 e. The van der Waals surface area contributed by atoms with E-state index < -0.39 is 0 Å². The second kappa shape index (κ2) is 6.78. The zero-order chi connectivity index (χ0) is 15.5. The fourth-order valence-electron chi connectivity index (χ4n) is 3.91. The molecule has 120 valence electrons. The van der Waals surface area contributed by atoms with Gasteiger partial charge in [0, 0.05) is 51.5 Å². The third kappa shape index (κ3) is 3.67. The molecule has 3 heterocycles. The summed E-state index contributed by atoms with van der Waals surface area (Å²) in [6.07, 6.45) is 5.05. The van der Waals surface area contributed by atoms with Crippen molar-refractivity contribution in [3.63, 3.8) is 0 Å². The smallest absolute Gasteiger partial charge is 0.222 e. The zero-order valence-electron chi connectivity index (χ0n) is 13.7. The maximum absolute atomic E-state index is 12.4. The first kappa shape index (κ1) is 15.5. The van der Waals surface area contributed by atoms with Gasteiger partial charge in [-0.2, -0.15) is 0 Å². The number of nitrogens with zero attached hydrogens (tertiary/aromatic N) is 3. The third-order valence-corrected chi connectivity index (χ3v) is 4.89. The third-order valence-electron chi connectivity index (χ3n) is 4.89. The molecule has 0 aromatic carbocycles. The SMILES string of the molecule is CC(C)CN1C[C@@H]2CN(C(=O)CCc3cccnc3)C[C@@H]2C1. The standard InChI is InChI=1S/C18H27N3O/c1-14(2)9-20-10-16-12-21(13-17(16)11-20)18(22)6-5-15-4-3-7-19-8-15/h3-4,7-8,14,16-17H,5-6,9-13H2,1-2H3/t16-,17+. The Morgan fingerprint density at radius 1 is 1.27 bits per heavy atom. The average Bonchev–Trinajstić information content (AvgIpc) is 3.03. The van der Waals surface area contributed by atoms with Gasteiger partial charge in [-0.25, -0.2) is 0 Å². The van der Waals surface area contributed by atoms with Crippen LogP contribution in [0.1, 0.15) is 25.8 Å². The molecule has 2 saturated heterocycles. The molecule has 2 atom stereocenters. The van der Waals surface area contributed by atoms with Crippen LogP contribution in [0.2, 0.25) is 0 Å². The summed E-state index contributed by atoms with van der Waals surface area (Å²) in [5.74, 6) is 2.44. The van der Waals surface area contributed by atoms with Crippen molar-refractivity contribution in [1.29, 1.82) is 0 Å². The van der Waals surface area contributed by atoms with Crippen LogP contribution < -0.4 is 0 Å². The molecule has 22 heavy (non-hydrogen) atoms. The fraction of sp³-hybridized carbons (Fsp3) is 0.667. The molecule has 0 N–H and O–H groups in total. The van der Waals surface area contributed by atoms with Crippen LogP contribution in [-0.4, -0.2) is 53.4 Å². The number of amides is 1.